The van der Waals surface area contributed by atoms with Crippen LogP contribution in [0.4, 0.5) is 5.82 Å². The largest absolute Gasteiger partial charge is 0.354 e. The van der Waals surface area contributed by atoms with E-state index in [0.29, 0.717) is 48.2 Å². The number of nitrogens with one attached hydrogen (secondary N) is 3. The van der Waals surface area contributed by atoms with E-state index in [2.05, 4.69) is 26.1 Å². The van der Waals surface area contributed by atoms with Crippen LogP contribution in [-0.4, -0.2) is 63.0 Å². The van der Waals surface area contributed by atoms with E-state index in [-0.39, 0.29) is 17.7 Å². The molecule has 3 amide bonds. The Bertz CT molecular complexity index is 902. The van der Waals surface area contributed by atoms with Crippen LogP contribution in [0.25, 0.3) is 0 Å². The number of carbonyl (C=O) groups is 3. The van der Waals surface area contributed by atoms with E-state index in [0.717, 1.165) is 17.9 Å². The molecule has 180 valence electrons. The molecule has 0 bridgehead atoms. The van der Waals surface area contributed by atoms with E-state index in [1.54, 1.807) is 17.0 Å². The minimum absolute atomic E-state index is 0.0159. The number of aromatic nitrogens is 1. The third-order valence-corrected chi connectivity index (χ3v) is 6.75. The number of carbonyl (C=O) groups excluding carboxylic acids is 3. The van der Waals surface area contributed by atoms with Gasteiger partial charge in [0.1, 0.15) is 10.1 Å². The lowest BCUT2D eigenvalue weighted by molar-refractivity contribution is -0.129. The first kappa shape index (κ1) is 26.7. The monoisotopic (exact) mass is 492 g/mol. The Kier molecular flexibility index (Phi) is 10.2. The van der Waals surface area contributed by atoms with Gasteiger partial charge in [-0.1, -0.05) is 44.8 Å². The molecule has 1 saturated heterocycles. The summed E-state index contributed by atoms with van der Waals surface area (Å²) < 4.78 is 0.594. The van der Waals surface area contributed by atoms with Crippen LogP contribution in [-0.2, 0) is 9.59 Å². The van der Waals surface area contributed by atoms with Crippen molar-refractivity contribution in [2.75, 3.05) is 30.8 Å². The fourth-order valence-electron chi connectivity index (χ4n) is 2.69. The first-order valence-electron chi connectivity index (χ1n) is 10.9. The van der Waals surface area contributed by atoms with Crippen molar-refractivity contribution < 1.29 is 14.4 Å². The first-order chi connectivity index (χ1) is 15.6. The second kappa shape index (κ2) is 12.6. The SMILES string of the molecule is CCC(C)(C)C(=O)NCCNC(=O)CC/C(C)=N/Nc1ccc(C(=O)N2CCSC2=S)cn1. The lowest BCUT2D eigenvalue weighted by Crippen LogP contribution is -2.40. The van der Waals surface area contributed by atoms with E-state index in [1.165, 1.54) is 18.0 Å². The summed E-state index contributed by atoms with van der Waals surface area (Å²) in [7, 11) is 0. The second-order valence-corrected chi connectivity index (χ2v) is 10.0. The molecule has 2 rings (SSSR count). The molecule has 2 heterocycles. The highest BCUT2D eigenvalue weighted by atomic mass is 32.2. The van der Waals surface area contributed by atoms with Gasteiger partial charge in [0.2, 0.25) is 11.8 Å². The summed E-state index contributed by atoms with van der Waals surface area (Å²) in [5, 5.41) is 9.86. The van der Waals surface area contributed by atoms with E-state index in [1.807, 2.05) is 27.7 Å². The normalized spacial score (nSPS) is 14.2. The van der Waals surface area contributed by atoms with Gasteiger partial charge in [0.15, 0.2) is 0 Å². The molecule has 1 fully saturated rings. The Labute approximate surface area is 204 Å². The van der Waals surface area contributed by atoms with Crippen molar-refractivity contribution in [3.8, 4) is 0 Å². The fourth-order valence-corrected chi connectivity index (χ4v) is 3.89. The van der Waals surface area contributed by atoms with Crippen LogP contribution in [0.3, 0.4) is 0 Å². The van der Waals surface area contributed by atoms with Gasteiger partial charge in [0.05, 0.1) is 5.56 Å². The summed E-state index contributed by atoms with van der Waals surface area (Å²) in [6.07, 6.45) is 3.02. The number of rotatable bonds is 11. The number of hydrazone groups is 1. The Balaban J connectivity index is 1.69. The van der Waals surface area contributed by atoms with Crippen LogP contribution in [0.1, 0.15) is 57.3 Å². The summed E-state index contributed by atoms with van der Waals surface area (Å²) in [6, 6.07) is 3.36. The average molecular weight is 493 g/mol. The van der Waals surface area contributed by atoms with Gasteiger partial charge in [-0.15, -0.1) is 0 Å². The van der Waals surface area contributed by atoms with Crippen molar-refractivity contribution >= 4 is 57.6 Å². The van der Waals surface area contributed by atoms with Gasteiger partial charge in [-0.2, -0.15) is 5.10 Å². The molecule has 1 aliphatic heterocycles. The molecule has 0 saturated carbocycles. The molecule has 0 unspecified atom stereocenters. The van der Waals surface area contributed by atoms with Crippen molar-refractivity contribution in [2.45, 2.75) is 47.0 Å². The van der Waals surface area contributed by atoms with Gasteiger partial charge in [-0.25, -0.2) is 4.98 Å². The summed E-state index contributed by atoms with van der Waals surface area (Å²) in [6.45, 7) is 8.97. The summed E-state index contributed by atoms with van der Waals surface area (Å²) >= 11 is 6.68. The zero-order valence-corrected chi connectivity index (χ0v) is 21.2. The number of hydrogen-bond acceptors (Lipinski definition) is 8. The van der Waals surface area contributed by atoms with Crippen molar-refractivity contribution in [1.29, 1.82) is 0 Å². The standard InChI is InChI=1S/C22H32N6O3S2/c1-5-22(3,4)20(31)24-11-10-23-18(29)9-6-15(2)26-27-17-8-7-16(14-25-17)19(30)28-12-13-33-21(28)32/h7-8,14H,5-6,9-13H2,1-4H3,(H,23,29)(H,24,31)(H,25,27)/b26-15+. The summed E-state index contributed by atoms with van der Waals surface area (Å²) in [5.74, 6) is 1.05. The first-order valence-corrected chi connectivity index (χ1v) is 12.3. The maximum absolute atomic E-state index is 12.4. The maximum Gasteiger partial charge on any atom is 0.260 e. The molecule has 0 radical (unpaired) electrons. The number of thiocarbonyl (C=S) groups is 1. The number of pyridine rings is 1. The number of nitrogens with zero attached hydrogens (tertiary/aromatic N) is 3. The smallest absolute Gasteiger partial charge is 0.260 e. The van der Waals surface area contributed by atoms with Crippen molar-refractivity contribution in [2.24, 2.45) is 10.5 Å². The molecule has 33 heavy (non-hydrogen) atoms. The number of anilines is 1. The molecule has 1 aromatic rings. The van der Waals surface area contributed by atoms with Crippen molar-refractivity contribution in [3.05, 3.63) is 23.9 Å². The highest BCUT2D eigenvalue weighted by Crippen LogP contribution is 2.21. The maximum atomic E-state index is 12.4. The molecule has 0 aliphatic carbocycles. The topological polar surface area (TPSA) is 116 Å². The highest BCUT2D eigenvalue weighted by molar-refractivity contribution is 8.23. The average Bonchev–Trinajstić information content (AvgIpc) is 3.24. The molecule has 1 aromatic heterocycles. The van der Waals surface area contributed by atoms with Gasteiger partial charge >= 0.3 is 0 Å². The van der Waals surface area contributed by atoms with Crippen molar-refractivity contribution in [1.82, 2.24) is 20.5 Å². The van der Waals surface area contributed by atoms with E-state index >= 15 is 0 Å². The Morgan fingerprint density at radius 2 is 1.94 bits per heavy atom. The van der Waals surface area contributed by atoms with Crippen LogP contribution >= 0.6 is 24.0 Å². The van der Waals surface area contributed by atoms with Crippen molar-refractivity contribution in [3.63, 3.8) is 0 Å². The zero-order chi connectivity index (χ0) is 24.4. The molecule has 11 heteroatoms. The lowest BCUT2D eigenvalue weighted by Gasteiger charge is -2.21. The van der Waals surface area contributed by atoms with Gasteiger partial charge in [0, 0.05) is 49.1 Å². The second-order valence-electron chi connectivity index (χ2n) is 8.31. The summed E-state index contributed by atoms with van der Waals surface area (Å²) in [4.78, 5) is 42.2. The van der Waals surface area contributed by atoms with E-state index < -0.39 is 5.41 Å². The van der Waals surface area contributed by atoms with E-state index in [4.69, 9.17) is 12.2 Å². The molecule has 9 nitrogen and oxygen atoms in total. The van der Waals surface area contributed by atoms with Gasteiger partial charge in [-0.05, 0) is 31.9 Å². The number of hydrogen-bond donors (Lipinski definition) is 3. The molecule has 0 aromatic carbocycles. The number of thioether (sulfide) groups is 1. The Morgan fingerprint density at radius 1 is 1.21 bits per heavy atom. The predicted molar refractivity (Wildman–Crippen MR) is 136 cm³/mol. The van der Waals surface area contributed by atoms with Gasteiger partial charge in [0.25, 0.3) is 5.91 Å². The molecular formula is C22H32N6O3S2. The Morgan fingerprint density at radius 3 is 2.55 bits per heavy atom. The molecule has 1 aliphatic rings. The Hall–Kier alpha value is -2.53. The summed E-state index contributed by atoms with van der Waals surface area (Å²) in [5.41, 5.74) is 3.64. The van der Waals surface area contributed by atoms with Crippen LogP contribution in [0.2, 0.25) is 0 Å². The van der Waals surface area contributed by atoms with Crippen LogP contribution < -0.4 is 16.1 Å². The predicted octanol–water partition coefficient (Wildman–Crippen LogP) is 2.79. The van der Waals surface area contributed by atoms with Crippen LogP contribution in [0.5, 0.6) is 0 Å². The fraction of sp³-hybridized carbons (Fsp3) is 0.545. The highest BCUT2D eigenvalue weighted by Gasteiger charge is 2.25. The quantitative estimate of drug-likeness (QED) is 0.188. The lowest BCUT2D eigenvalue weighted by atomic mass is 9.89. The molecule has 0 atom stereocenters. The molecular weight excluding hydrogens is 460 g/mol. The van der Waals surface area contributed by atoms with Gasteiger partial charge in [-0.3, -0.25) is 24.7 Å². The molecule has 3 N–H and O–H groups in total. The third-order valence-electron chi connectivity index (χ3n) is 5.32. The minimum atomic E-state index is -0.407. The van der Waals surface area contributed by atoms with Gasteiger partial charge < -0.3 is 10.6 Å². The molecule has 0 spiro atoms. The minimum Gasteiger partial charge on any atom is -0.354 e. The van der Waals surface area contributed by atoms with Crippen LogP contribution in [0.15, 0.2) is 23.4 Å². The van der Waals surface area contributed by atoms with Crippen LogP contribution in [0, 0.1) is 5.41 Å². The number of amides is 3. The van der Waals surface area contributed by atoms with E-state index in [9.17, 15) is 14.4 Å². The zero-order valence-electron chi connectivity index (χ0n) is 19.6. The third kappa shape index (κ3) is 8.39.